The highest BCUT2D eigenvalue weighted by Crippen LogP contribution is 2.32. The predicted molar refractivity (Wildman–Crippen MR) is 94.8 cm³/mol. The Labute approximate surface area is 158 Å². The quantitative estimate of drug-likeness (QED) is 0.772. The van der Waals surface area contributed by atoms with Crippen LogP contribution >= 0.6 is 0 Å². The summed E-state index contributed by atoms with van der Waals surface area (Å²) in [6.07, 6.45) is -4.75. The van der Waals surface area contributed by atoms with E-state index in [0.29, 0.717) is 5.69 Å². The van der Waals surface area contributed by atoms with Crippen molar-refractivity contribution in [2.24, 2.45) is 0 Å². The van der Waals surface area contributed by atoms with E-state index in [1.54, 1.807) is 18.2 Å². The summed E-state index contributed by atoms with van der Waals surface area (Å²) >= 11 is 0. The third-order valence-electron chi connectivity index (χ3n) is 3.80. The van der Waals surface area contributed by atoms with Gasteiger partial charge in [0.15, 0.2) is 6.61 Å². The third kappa shape index (κ3) is 5.57. The summed E-state index contributed by atoms with van der Waals surface area (Å²) in [6, 6.07) is 8.30. The van der Waals surface area contributed by atoms with E-state index in [9.17, 15) is 27.6 Å². The third-order valence-corrected chi connectivity index (χ3v) is 3.80. The Morgan fingerprint density at radius 2 is 1.68 bits per heavy atom. The fraction of sp³-hybridized carbons (Fsp3) is 0.211. The topological polar surface area (TPSA) is 84.5 Å². The van der Waals surface area contributed by atoms with Crippen LogP contribution in [0.5, 0.6) is 0 Å². The molecule has 2 aromatic carbocycles. The van der Waals surface area contributed by atoms with Crippen LogP contribution in [0.4, 0.5) is 23.7 Å². The van der Waals surface area contributed by atoms with E-state index in [1.807, 2.05) is 19.2 Å². The van der Waals surface area contributed by atoms with Crippen molar-refractivity contribution in [2.45, 2.75) is 20.0 Å². The number of urea groups is 1. The van der Waals surface area contributed by atoms with E-state index in [0.717, 1.165) is 29.3 Å². The van der Waals surface area contributed by atoms with Gasteiger partial charge in [-0.3, -0.25) is 10.1 Å². The van der Waals surface area contributed by atoms with Crippen LogP contribution in [-0.4, -0.2) is 24.5 Å². The van der Waals surface area contributed by atoms with Gasteiger partial charge in [0.1, 0.15) is 0 Å². The van der Waals surface area contributed by atoms with Gasteiger partial charge in [0.25, 0.3) is 5.91 Å². The summed E-state index contributed by atoms with van der Waals surface area (Å²) in [5.41, 5.74) is 0.509. The summed E-state index contributed by atoms with van der Waals surface area (Å²) in [5, 5.41) is 4.35. The van der Waals surface area contributed by atoms with Crippen molar-refractivity contribution in [1.82, 2.24) is 5.32 Å². The van der Waals surface area contributed by atoms with E-state index in [-0.39, 0.29) is 0 Å². The highest BCUT2D eigenvalue weighted by atomic mass is 19.4. The molecule has 148 valence electrons. The number of aryl methyl sites for hydroxylation is 2. The number of carbonyl (C=O) groups is 3. The average Bonchev–Trinajstić information content (AvgIpc) is 2.62. The number of ether oxygens (including phenoxy) is 1. The van der Waals surface area contributed by atoms with Crippen LogP contribution in [0.15, 0.2) is 42.5 Å². The molecule has 0 bridgehead atoms. The number of alkyl halides is 3. The number of nitrogens with one attached hydrogen (secondary N) is 2. The molecule has 2 rings (SSSR count). The first-order chi connectivity index (χ1) is 13.1. The number of hydrogen-bond donors (Lipinski definition) is 2. The lowest BCUT2D eigenvalue weighted by atomic mass is 10.1. The zero-order valence-corrected chi connectivity index (χ0v) is 15.0. The maximum absolute atomic E-state index is 12.9. The number of hydrogen-bond acceptors (Lipinski definition) is 4. The van der Waals surface area contributed by atoms with E-state index >= 15 is 0 Å². The second-order valence-corrected chi connectivity index (χ2v) is 5.92. The van der Waals surface area contributed by atoms with Crippen LogP contribution in [0.3, 0.4) is 0 Å². The van der Waals surface area contributed by atoms with Gasteiger partial charge in [-0.05, 0) is 49.2 Å². The Kier molecular flexibility index (Phi) is 6.40. The van der Waals surface area contributed by atoms with E-state index < -0.39 is 41.8 Å². The van der Waals surface area contributed by atoms with Crippen molar-refractivity contribution in [3.05, 3.63) is 64.7 Å². The van der Waals surface area contributed by atoms with Gasteiger partial charge in [-0.2, -0.15) is 13.2 Å². The maximum atomic E-state index is 12.9. The number of anilines is 1. The molecule has 2 N–H and O–H groups in total. The first-order valence-corrected chi connectivity index (χ1v) is 8.09. The van der Waals surface area contributed by atoms with Gasteiger partial charge in [0.2, 0.25) is 0 Å². The van der Waals surface area contributed by atoms with Gasteiger partial charge in [0.05, 0.1) is 11.1 Å². The molecule has 0 aliphatic carbocycles. The van der Waals surface area contributed by atoms with Crippen LogP contribution in [0.1, 0.15) is 27.0 Å². The minimum absolute atomic E-state index is 0.449. The number of amides is 3. The molecule has 0 fully saturated rings. The number of benzene rings is 2. The van der Waals surface area contributed by atoms with Crippen LogP contribution in [-0.2, 0) is 15.7 Å². The minimum Gasteiger partial charge on any atom is -0.452 e. The lowest BCUT2D eigenvalue weighted by Gasteiger charge is -2.12. The van der Waals surface area contributed by atoms with Crippen molar-refractivity contribution in [2.75, 3.05) is 11.9 Å². The summed E-state index contributed by atoms with van der Waals surface area (Å²) in [5.74, 6) is -2.31. The molecule has 2 aromatic rings. The van der Waals surface area contributed by atoms with Crippen molar-refractivity contribution in [1.29, 1.82) is 0 Å². The van der Waals surface area contributed by atoms with Gasteiger partial charge in [-0.25, -0.2) is 9.59 Å². The molecule has 28 heavy (non-hydrogen) atoms. The molecular formula is C19H17F3N2O4. The largest absolute Gasteiger partial charge is 0.452 e. The van der Waals surface area contributed by atoms with Crippen molar-refractivity contribution >= 4 is 23.6 Å². The molecule has 0 heterocycles. The Morgan fingerprint density at radius 3 is 2.32 bits per heavy atom. The second kappa shape index (κ2) is 8.55. The highest BCUT2D eigenvalue weighted by Gasteiger charge is 2.35. The van der Waals surface area contributed by atoms with E-state index in [1.165, 1.54) is 6.07 Å². The molecule has 0 aliphatic heterocycles. The monoisotopic (exact) mass is 394 g/mol. The standard InChI is InChI=1S/C19H17F3N2O4/c1-11-7-8-13(9-12(11)2)23-18(27)24-16(25)10-28-17(26)14-5-3-4-6-15(14)19(20,21)22/h3-9H,10H2,1-2H3,(H2,23,24,25,27). The Balaban J connectivity index is 1.91. The SMILES string of the molecule is Cc1ccc(NC(=O)NC(=O)COC(=O)c2ccccc2C(F)(F)F)cc1C. The molecule has 9 heteroatoms. The first-order valence-electron chi connectivity index (χ1n) is 8.09. The van der Waals surface area contributed by atoms with Crippen molar-refractivity contribution in [3.8, 4) is 0 Å². The molecular weight excluding hydrogens is 377 g/mol. The molecule has 0 saturated carbocycles. The number of imide groups is 1. The Morgan fingerprint density at radius 1 is 1.00 bits per heavy atom. The van der Waals surface area contributed by atoms with Crippen molar-refractivity contribution in [3.63, 3.8) is 0 Å². The van der Waals surface area contributed by atoms with Crippen LogP contribution < -0.4 is 10.6 Å². The predicted octanol–water partition coefficient (Wildman–Crippen LogP) is 3.83. The smallest absolute Gasteiger partial charge is 0.417 e. The zero-order chi connectivity index (χ0) is 20.9. The number of halogens is 3. The van der Waals surface area contributed by atoms with E-state index in [4.69, 9.17) is 0 Å². The fourth-order valence-corrected chi connectivity index (χ4v) is 2.26. The molecule has 0 unspecified atom stereocenters. The number of carbonyl (C=O) groups excluding carboxylic acids is 3. The van der Waals surface area contributed by atoms with Gasteiger partial charge in [-0.1, -0.05) is 18.2 Å². The summed E-state index contributed by atoms with van der Waals surface area (Å²) in [4.78, 5) is 35.4. The Hall–Kier alpha value is -3.36. The molecule has 0 saturated heterocycles. The Bertz CT molecular complexity index is 910. The summed E-state index contributed by atoms with van der Waals surface area (Å²) in [7, 11) is 0. The van der Waals surface area contributed by atoms with E-state index in [2.05, 4.69) is 10.1 Å². The maximum Gasteiger partial charge on any atom is 0.417 e. The van der Waals surface area contributed by atoms with Crippen LogP contribution in [0.25, 0.3) is 0 Å². The molecule has 0 spiro atoms. The second-order valence-electron chi connectivity index (χ2n) is 5.92. The van der Waals surface area contributed by atoms with Gasteiger partial charge >= 0.3 is 18.2 Å². The van der Waals surface area contributed by atoms with Crippen LogP contribution in [0.2, 0.25) is 0 Å². The van der Waals surface area contributed by atoms with Gasteiger partial charge in [0, 0.05) is 5.69 Å². The van der Waals surface area contributed by atoms with Crippen molar-refractivity contribution < 1.29 is 32.3 Å². The highest BCUT2D eigenvalue weighted by molar-refractivity contribution is 6.02. The molecule has 0 aliphatic rings. The lowest BCUT2D eigenvalue weighted by molar-refractivity contribution is -0.138. The lowest BCUT2D eigenvalue weighted by Crippen LogP contribution is -2.37. The average molecular weight is 394 g/mol. The fourth-order valence-electron chi connectivity index (χ4n) is 2.26. The first kappa shape index (κ1) is 20.9. The molecule has 3 amide bonds. The van der Waals surface area contributed by atoms with Gasteiger partial charge in [-0.15, -0.1) is 0 Å². The minimum atomic E-state index is -4.75. The number of esters is 1. The van der Waals surface area contributed by atoms with Gasteiger partial charge < -0.3 is 10.1 Å². The normalized spacial score (nSPS) is 10.9. The molecule has 0 radical (unpaired) electrons. The van der Waals surface area contributed by atoms with Crippen LogP contribution in [0, 0.1) is 13.8 Å². The molecule has 6 nitrogen and oxygen atoms in total. The zero-order valence-electron chi connectivity index (χ0n) is 15.0. The molecule has 0 aromatic heterocycles. The molecule has 0 atom stereocenters. The number of rotatable bonds is 4. The summed E-state index contributed by atoms with van der Waals surface area (Å²) in [6.45, 7) is 2.83. The summed E-state index contributed by atoms with van der Waals surface area (Å²) < 4.78 is 43.3.